The Morgan fingerprint density at radius 1 is 1.22 bits per heavy atom. The van der Waals surface area contributed by atoms with E-state index in [4.69, 9.17) is 34.8 Å². The van der Waals surface area contributed by atoms with Gasteiger partial charge in [0, 0.05) is 29.4 Å². The lowest BCUT2D eigenvalue weighted by Crippen LogP contribution is -2.32. The maximum atomic E-state index is 11.1. The fraction of sp³-hybridized carbons (Fsp3) is 0.455. The summed E-state index contributed by atoms with van der Waals surface area (Å²) >= 11 is 18.0. The highest BCUT2D eigenvalue weighted by atomic mass is 35.5. The summed E-state index contributed by atoms with van der Waals surface area (Å²) in [6.45, 7) is 2.16. The van der Waals surface area contributed by atoms with Gasteiger partial charge in [0.1, 0.15) is 9.84 Å². The molecule has 1 rings (SSSR count). The molecule has 3 nitrogen and oxygen atoms in total. The molecule has 1 aromatic carbocycles. The lowest BCUT2D eigenvalue weighted by molar-refractivity contribution is 0.560. The normalized spacial score (nSPS) is 13.6. The van der Waals surface area contributed by atoms with Crippen LogP contribution in [0, 0.1) is 0 Å². The maximum Gasteiger partial charge on any atom is 0.148 e. The Morgan fingerprint density at radius 3 is 2.33 bits per heavy atom. The van der Waals surface area contributed by atoms with Gasteiger partial charge < -0.3 is 5.32 Å². The first-order chi connectivity index (χ1) is 8.20. The minimum absolute atomic E-state index is 0.0583. The second-order valence-electron chi connectivity index (χ2n) is 4.20. The summed E-state index contributed by atoms with van der Waals surface area (Å²) in [5.41, 5.74) is 0.672. The van der Waals surface area contributed by atoms with Crippen LogP contribution < -0.4 is 5.32 Å². The second kappa shape index (κ2) is 6.44. The second-order valence-corrected chi connectivity index (χ2v) is 7.57. The van der Waals surface area contributed by atoms with Crippen LogP contribution in [-0.4, -0.2) is 26.5 Å². The standard InChI is InChI=1S/C11H14Cl3NO2S/c1-7(6-18(2,16)17)15-5-8-9(12)3-4-10(13)11(8)14/h3-4,7,15H,5-6H2,1-2H3. The molecular formula is C11H14Cl3NO2S. The van der Waals surface area contributed by atoms with Gasteiger partial charge in [0.25, 0.3) is 0 Å². The van der Waals surface area contributed by atoms with Crippen molar-refractivity contribution in [3.05, 3.63) is 32.8 Å². The maximum absolute atomic E-state index is 11.1. The van der Waals surface area contributed by atoms with E-state index in [2.05, 4.69) is 5.32 Å². The predicted molar refractivity (Wildman–Crippen MR) is 77.5 cm³/mol. The molecule has 0 radical (unpaired) electrons. The molecule has 1 N–H and O–H groups in total. The fourth-order valence-electron chi connectivity index (χ4n) is 1.52. The van der Waals surface area contributed by atoms with Gasteiger partial charge in [0.15, 0.2) is 0 Å². The van der Waals surface area contributed by atoms with Crippen molar-refractivity contribution < 1.29 is 8.42 Å². The lowest BCUT2D eigenvalue weighted by Gasteiger charge is -2.14. The monoisotopic (exact) mass is 329 g/mol. The molecule has 18 heavy (non-hydrogen) atoms. The van der Waals surface area contributed by atoms with Gasteiger partial charge in [-0.3, -0.25) is 0 Å². The van der Waals surface area contributed by atoms with Gasteiger partial charge in [-0.1, -0.05) is 34.8 Å². The highest BCUT2D eigenvalue weighted by Gasteiger charge is 2.13. The molecule has 0 amide bonds. The van der Waals surface area contributed by atoms with E-state index in [1.165, 1.54) is 6.26 Å². The third-order valence-corrected chi connectivity index (χ3v) is 4.62. The van der Waals surface area contributed by atoms with E-state index in [1.807, 2.05) is 0 Å². The molecule has 0 bridgehead atoms. The molecule has 0 fully saturated rings. The summed E-state index contributed by atoms with van der Waals surface area (Å²) in [5.74, 6) is 0.0583. The van der Waals surface area contributed by atoms with Crippen LogP contribution in [0.1, 0.15) is 12.5 Å². The van der Waals surface area contributed by atoms with E-state index in [0.717, 1.165) is 0 Å². The van der Waals surface area contributed by atoms with Crippen LogP contribution in [-0.2, 0) is 16.4 Å². The number of hydrogen-bond donors (Lipinski definition) is 1. The van der Waals surface area contributed by atoms with Crippen LogP contribution in [0.25, 0.3) is 0 Å². The van der Waals surface area contributed by atoms with Crippen LogP contribution in [0.2, 0.25) is 15.1 Å². The number of sulfone groups is 1. The van der Waals surface area contributed by atoms with Crippen molar-refractivity contribution in [2.24, 2.45) is 0 Å². The number of benzene rings is 1. The first-order valence-corrected chi connectivity index (χ1v) is 8.43. The van der Waals surface area contributed by atoms with Crippen LogP contribution in [0.3, 0.4) is 0 Å². The van der Waals surface area contributed by atoms with E-state index in [9.17, 15) is 8.42 Å². The molecule has 1 unspecified atom stereocenters. The summed E-state index contributed by atoms with van der Waals surface area (Å²) in [7, 11) is -3.01. The molecule has 0 heterocycles. The smallest absolute Gasteiger partial charge is 0.148 e. The summed E-state index contributed by atoms with van der Waals surface area (Å²) < 4.78 is 22.3. The summed E-state index contributed by atoms with van der Waals surface area (Å²) in [4.78, 5) is 0. The number of hydrogen-bond acceptors (Lipinski definition) is 3. The van der Waals surface area contributed by atoms with Crippen LogP contribution in [0.15, 0.2) is 12.1 Å². The SMILES string of the molecule is CC(CS(C)(=O)=O)NCc1c(Cl)ccc(Cl)c1Cl. The van der Waals surface area contributed by atoms with Crippen molar-refractivity contribution >= 4 is 44.6 Å². The van der Waals surface area contributed by atoms with E-state index in [1.54, 1.807) is 19.1 Å². The zero-order chi connectivity index (χ0) is 13.9. The molecule has 0 aliphatic heterocycles. The first-order valence-electron chi connectivity index (χ1n) is 5.24. The van der Waals surface area contributed by atoms with Gasteiger partial charge in [-0.25, -0.2) is 8.42 Å². The number of rotatable bonds is 5. The molecule has 0 aliphatic rings. The molecular weight excluding hydrogens is 317 g/mol. The van der Waals surface area contributed by atoms with E-state index in [-0.39, 0.29) is 11.8 Å². The predicted octanol–water partition coefficient (Wildman–Crippen LogP) is 3.17. The van der Waals surface area contributed by atoms with Crippen molar-refractivity contribution in [2.75, 3.05) is 12.0 Å². The lowest BCUT2D eigenvalue weighted by atomic mass is 10.2. The van der Waals surface area contributed by atoms with E-state index in [0.29, 0.717) is 27.2 Å². The molecule has 0 saturated heterocycles. The number of nitrogens with one attached hydrogen (secondary N) is 1. The number of halogens is 3. The molecule has 0 aliphatic carbocycles. The molecule has 0 aromatic heterocycles. The quantitative estimate of drug-likeness (QED) is 0.844. The Balaban J connectivity index is 2.72. The Kier molecular flexibility index (Phi) is 5.74. The average Bonchev–Trinajstić information content (AvgIpc) is 2.21. The van der Waals surface area contributed by atoms with Crippen molar-refractivity contribution in [1.29, 1.82) is 0 Å². The molecule has 7 heteroatoms. The fourth-order valence-corrected chi connectivity index (χ4v) is 3.23. The molecule has 102 valence electrons. The largest absolute Gasteiger partial charge is 0.309 e. The Morgan fingerprint density at radius 2 is 1.78 bits per heavy atom. The van der Waals surface area contributed by atoms with Crippen molar-refractivity contribution in [1.82, 2.24) is 5.32 Å². The van der Waals surface area contributed by atoms with Gasteiger partial charge in [-0.15, -0.1) is 0 Å². The molecule has 0 spiro atoms. The summed E-state index contributed by atoms with van der Waals surface area (Å²) in [6, 6.07) is 3.09. The highest BCUT2D eigenvalue weighted by Crippen LogP contribution is 2.31. The van der Waals surface area contributed by atoms with Gasteiger partial charge in [0.05, 0.1) is 15.8 Å². The Hall–Kier alpha value is -0.000000000000000167. The average molecular weight is 331 g/mol. The van der Waals surface area contributed by atoms with Gasteiger partial charge >= 0.3 is 0 Å². The van der Waals surface area contributed by atoms with Crippen LogP contribution >= 0.6 is 34.8 Å². The molecule has 0 saturated carbocycles. The Labute approximate surface area is 122 Å². The van der Waals surface area contributed by atoms with Crippen LogP contribution in [0.5, 0.6) is 0 Å². The van der Waals surface area contributed by atoms with Crippen molar-refractivity contribution in [3.8, 4) is 0 Å². The summed E-state index contributed by atoms with van der Waals surface area (Å²) in [5, 5.41) is 4.38. The van der Waals surface area contributed by atoms with Gasteiger partial charge in [-0.2, -0.15) is 0 Å². The van der Waals surface area contributed by atoms with E-state index >= 15 is 0 Å². The third kappa shape index (κ3) is 4.94. The third-order valence-electron chi connectivity index (χ3n) is 2.32. The van der Waals surface area contributed by atoms with Crippen LogP contribution in [0.4, 0.5) is 0 Å². The molecule has 1 aromatic rings. The van der Waals surface area contributed by atoms with Crippen molar-refractivity contribution in [3.63, 3.8) is 0 Å². The van der Waals surface area contributed by atoms with Crippen molar-refractivity contribution in [2.45, 2.75) is 19.5 Å². The van der Waals surface area contributed by atoms with Gasteiger partial charge in [0.2, 0.25) is 0 Å². The zero-order valence-electron chi connectivity index (χ0n) is 10.0. The minimum Gasteiger partial charge on any atom is -0.309 e. The Bertz CT molecular complexity index is 531. The highest BCUT2D eigenvalue weighted by molar-refractivity contribution is 7.90. The topological polar surface area (TPSA) is 46.2 Å². The van der Waals surface area contributed by atoms with Gasteiger partial charge in [-0.05, 0) is 19.1 Å². The minimum atomic E-state index is -3.01. The first kappa shape index (κ1) is 16.1. The summed E-state index contributed by atoms with van der Waals surface area (Å²) in [6.07, 6.45) is 1.20. The van der Waals surface area contributed by atoms with E-state index < -0.39 is 9.84 Å². The zero-order valence-corrected chi connectivity index (χ0v) is 13.1. The molecule has 1 atom stereocenters.